The highest BCUT2D eigenvalue weighted by molar-refractivity contribution is 7.90. The Kier molecular flexibility index (Phi) is 3.70. The number of benzene rings is 1. The number of aromatic nitrogens is 3. The zero-order valence-electron chi connectivity index (χ0n) is 10.4. The summed E-state index contributed by atoms with van der Waals surface area (Å²) in [7, 11) is -3.23. The number of anilines is 2. The molecule has 0 bridgehead atoms. The first-order valence-electron chi connectivity index (χ1n) is 5.64. The van der Waals surface area contributed by atoms with E-state index in [2.05, 4.69) is 15.6 Å². The van der Waals surface area contributed by atoms with Crippen LogP contribution < -0.4 is 11.1 Å². The molecule has 0 fully saturated rings. The quantitative estimate of drug-likeness (QED) is 0.768. The number of nitrogens with zero attached hydrogens (tertiary/aromatic N) is 3. The molecule has 0 aliphatic rings. The Morgan fingerprint density at radius 1 is 1.42 bits per heavy atom. The van der Waals surface area contributed by atoms with Crippen LogP contribution in [-0.2, 0) is 16.4 Å². The molecule has 0 saturated carbocycles. The van der Waals surface area contributed by atoms with Gasteiger partial charge in [0.05, 0.1) is 29.0 Å². The number of nitrogens with one attached hydrogen (secondary N) is 1. The van der Waals surface area contributed by atoms with Crippen LogP contribution in [0.3, 0.4) is 0 Å². The van der Waals surface area contributed by atoms with E-state index in [0.717, 1.165) is 6.26 Å². The van der Waals surface area contributed by atoms with E-state index in [-0.39, 0.29) is 4.90 Å². The number of nitrogen functional groups attached to an aromatic ring is 1. The Morgan fingerprint density at radius 3 is 2.79 bits per heavy atom. The van der Waals surface area contributed by atoms with Gasteiger partial charge in [-0.3, -0.25) is 4.68 Å². The molecule has 0 spiro atoms. The molecule has 0 radical (unpaired) electrons. The predicted molar refractivity (Wildman–Crippen MR) is 72.5 cm³/mol. The molecule has 0 atom stereocenters. The minimum absolute atomic E-state index is 0.215. The van der Waals surface area contributed by atoms with Crippen molar-refractivity contribution in [3.63, 3.8) is 0 Å². The maximum absolute atomic E-state index is 11.4. The lowest BCUT2D eigenvalue weighted by Crippen LogP contribution is -2.12. The van der Waals surface area contributed by atoms with Crippen LogP contribution >= 0.6 is 0 Å². The van der Waals surface area contributed by atoms with E-state index in [4.69, 9.17) is 5.73 Å². The van der Waals surface area contributed by atoms with Crippen LogP contribution in [0.1, 0.15) is 0 Å². The summed E-state index contributed by atoms with van der Waals surface area (Å²) < 4.78 is 24.4. The van der Waals surface area contributed by atoms with Crippen molar-refractivity contribution in [1.82, 2.24) is 15.0 Å². The number of hydrogen-bond acceptors (Lipinski definition) is 6. The van der Waals surface area contributed by atoms with Crippen LogP contribution in [0.2, 0.25) is 0 Å². The maximum atomic E-state index is 11.4. The van der Waals surface area contributed by atoms with Gasteiger partial charge in [-0.15, -0.1) is 5.10 Å². The average molecular weight is 281 g/mol. The lowest BCUT2D eigenvalue weighted by Gasteiger charge is -2.10. The molecule has 3 N–H and O–H groups in total. The van der Waals surface area contributed by atoms with Crippen LogP contribution in [0.4, 0.5) is 11.4 Å². The minimum Gasteiger partial charge on any atom is -0.397 e. The van der Waals surface area contributed by atoms with E-state index in [0.29, 0.717) is 24.5 Å². The van der Waals surface area contributed by atoms with Crippen molar-refractivity contribution in [2.24, 2.45) is 0 Å². The molecule has 7 nitrogen and oxygen atoms in total. The summed E-state index contributed by atoms with van der Waals surface area (Å²) in [6, 6.07) is 4.64. The fourth-order valence-electron chi connectivity index (χ4n) is 1.59. The van der Waals surface area contributed by atoms with Crippen molar-refractivity contribution in [2.45, 2.75) is 11.4 Å². The molecule has 2 aromatic rings. The third-order valence-electron chi connectivity index (χ3n) is 2.58. The molecule has 1 heterocycles. The predicted octanol–water partition coefficient (Wildman–Crippen LogP) is 0.376. The van der Waals surface area contributed by atoms with Gasteiger partial charge in [-0.05, 0) is 18.2 Å². The van der Waals surface area contributed by atoms with Crippen molar-refractivity contribution >= 4 is 21.2 Å². The molecule has 0 saturated heterocycles. The Bertz CT molecular complexity index is 652. The Labute approximate surface area is 111 Å². The van der Waals surface area contributed by atoms with Gasteiger partial charge in [0.15, 0.2) is 9.84 Å². The number of sulfone groups is 1. The molecule has 0 unspecified atom stereocenters. The highest BCUT2D eigenvalue weighted by atomic mass is 32.2. The molecule has 0 amide bonds. The van der Waals surface area contributed by atoms with Crippen LogP contribution in [0.25, 0.3) is 0 Å². The molecule has 2 rings (SSSR count). The second-order valence-corrected chi connectivity index (χ2v) is 6.13. The monoisotopic (exact) mass is 281 g/mol. The number of rotatable bonds is 5. The van der Waals surface area contributed by atoms with Gasteiger partial charge < -0.3 is 11.1 Å². The second kappa shape index (κ2) is 5.27. The van der Waals surface area contributed by atoms with Crippen molar-refractivity contribution in [3.8, 4) is 0 Å². The van der Waals surface area contributed by atoms with Gasteiger partial charge in [-0.2, -0.15) is 0 Å². The van der Waals surface area contributed by atoms with Gasteiger partial charge in [-0.25, -0.2) is 8.42 Å². The lowest BCUT2D eigenvalue weighted by atomic mass is 10.2. The van der Waals surface area contributed by atoms with Crippen LogP contribution in [-0.4, -0.2) is 36.2 Å². The minimum atomic E-state index is -3.23. The van der Waals surface area contributed by atoms with Gasteiger partial charge in [0.25, 0.3) is 0 Å². The maximum Gasteiger partial charge on any atom is 0.175 e. The second-order valence-electron chi connectivity index (χ2n) is 4.11. The molecule has 1 aromatic heterocycles. The van der Waals surface area contributed by atoms with E-state index in [1.165, 1.54) is 12.1 Å². The summed E-state index contributed by atoms with van der Waals surface area (Å²) >= 11 is 0. The van der Waals surface area contributed by atoms with Crippen LogP contribution in [0, 0.1) is 0 Å². The summed E-state index contributed by atoms with van der Waals surface area (Å²) in [6.07, 6.45) is 4.52. The fourth-order valence-corrected chi connectivity index (χ4v) is 2.25. The zero-order chi connectivity index (χ0) is 13.9. The van der Waals surface area contributed by atoms with Gasteiger partial charge in [0, 0.05) is 19.0 Å². The highest BCUT2D eigenvalue weighted by Crippen LogP contribution is 2.22. The van der Waals surface area contributed by atoms with Crippen molar-refractivity contribution in [3.05, 3.63) is 30.6 Å². The third kappa shape index (κ3) is 3.44. The van der Waals surface area contributed by atoms with E-state index < -0.39 is 9.84 Å². The van der Waals surface area contributed by atoms with Crippen LogP contribution in [0.5, 0.6) is 0 Å². The van der Waals surface area contributed by atoms with Crippen LogP contribution in [0.15, 0.2) is 35.5 Å². The van der Waals surface area contributed by atoms with E-state index in [9.17, 15) is 8.42 Å². The Hall–Kier alpha value is -2.09. The highest BCUT2D eigenvalue weighted by Gasteiger charge is 2.09. The molecule has 0 aliphatic heterocycles. The number of nitrogens with two attached hydrogens (primary N) is 1. The summed E-state index contributed by atoms with van der Waals surface area (Å²) in [6.45, 7) is 1.26. The van der Waals surface area contributed by atoms with Crippen molar-refractivity contribution in [2.75, 3.05) is 23.9 Å². The third-order valence-corrected chi connectivity index (χ3v) is 3.69. The standard InChI is InChI=1S/C11H15N5O2S/c1-19(17,18)9-2-3-11(10(12)8-9)13-4-6-16-7-5-14-15-16/h2-3,5,7-8,13H,4,6,12H2,1H3. The van der Waals surface area contributed by atoms with Crippen molar-refractivity contribution < 1.29 is 8.42 Å². The molecule has 0 aliphatic carbocycles. The average Bonchev–Trinajstić information content (AvgIpc) is 2.83. The SMILES string of the molecule is CS(=O)(=O)c1ccc(NCCn2ccnn2)c(N)c1. The molecule has 19 heavy (non-hydrogen) atoms. The molecular formula is C11H15N5O2S. The van der Waals surface area contributed by atoms with Gasteiger partial charge >= 0.3 is 0 Å². The normalized spacial score (nSPS) is 11.4. The largest absolute Gasteiger partial charge is 0.397 e. The number of hydrogen-bond donors (Lipinski definition) is 2. The first-order chi connectivity index (χ1) is 8.97. The molecule has 102 valence electrons. The first kappa shape index (κ1) is 13.3. The van der Waals surface area contributed by atoms with Gasteiger partial charge in [0.2, 0.25) is 0 Å². The van der Waals surface area contributed by atoms with Crippen molar-refractivity contribution in [1.29, 1.82) is 0 Å². The summed E-state index contributed by atoms with van der Waals surface area (Å²) in [4.78, 5) is 0.215. The Balaban J connectivity index is 2.01. The lowest BCUT2D eigenvalue weighted by molar-refractivity contribution is 0.602. The fraction of sp³-hybridized carbons (Fsp3) is 0.273. The Morgan fingerprint density at radius 2 is 2.21 bits per heavy atom. The molecule has 8 heteroatoms. The molecular weight excluding hydrogens is 266 g/mol. The smallest absolute Gasteiger partial charge is 0.175 e. The summed E-state index contributed by atoms with van der Waals surface area (Å²) in [5, 5.41) is 10.7. The topological polar surface area (TPSA) is 103 Å². The van der Waals surface area contributed by atoms with Gasteiger partial charge in [-0.1, -0.05) is 5.21 Å². The first-order valence-corrected chi connectivity index (χ1v) is 7.53. The zero-order valence-corrected chi connectivity index (χ0v) is 11.3. The van der Waals surface area contributed by atoms with E-state index in [1.54, 1.807) is 23.1 Å². The summed E-state index contributed by atoms with van der Waals surface area (Å²) in [5.74, 6) is 0. The summed E-state index contributed by atoms with van der Waals surface area (Å²) in [5.41, 5.74) is 6.92. The van der Waals surface area contributed by atoms with E-state index >= 15 is 0 Å². The van der Waals surface area contributed by atoms with Gasteiger partial charge in [0.1, 0.15) is 0 Å². The van der Waals surface area contributed by atoms with E-state index in [1.807, 2.05) is 0 Å². The molecule has 1 aromatic carbocycles.